The second kappa shape index (κ2) is 3.83. The van der Waals surface area contributed by atoms with Gasteiger partial charge in [0.1, 0.15) is 17.4 Å². The molecule has 3 heteroatoms. The van der Waals surface area contributed by atoms with Gasteiger partial charge in [0.25, 0.3) is 0 Å². The Labute approximate surface area is 84.4 Å². The lowest BCUT2D eigenvalue weighted by Crippen LogP contribution is -2.29. The highest BCUT2D eigenvalue weighted by atomic mass is 16.5. The van der Waals surface area contributed by atoms with Crippen LogP contribution in [0.4, 0.5) is 0 Å². The fraction of sp³-hybridized carbons (Fsp3) is 0.636. The van der Waals surface area contributed by atoms with Crippen molar-refractivity contribution in [2.24, 2.45) is 0 Å². The summed E-state index contributed by atoms with van der Waals surface area (Å²) >= 11 is 0. The van der Waals surface area contributed by atoms with E-state index in [-0.39, 0.29) is 11.4 Å². The van der Waals surface area contributed by atoms with E-state index in [1.807, 2.05) is 6.07 Å². The fourth-order valence-corrected chi connectivity index (χ4v) is 1.46. The summed E-state index contributed by atoms with van der Waals surface area (Å²) in [5, 5.41) is 8.83. The SMILES string of the molecule is CCCCC1=C(C#N)C(=O)C(C)(C)O1. The second-order valence-electron chi connectivity index (χ2n) is 3.96. The van der Waals surface area contributed by atoms with Gasteiger partial charge in [-0.05, 0) is 20.3 Å². The molecule has 0 aromatic rings. The van der Waals surface area contributed by atoms with E-state index in [2.05, 4.69) is 6.92 Å². The number of carbonyl (C=O) groups excluding carboxylic acids is 1. The van der Waals surface area contributed by atoms with Gasteiger partial charge in [-0.3, -0.25) is 4.79 Å². The van der Waals surface area contributed by atoms with E-state index >= 15 is 0 Å². The van der Waals surface area contributed by atoms with Crippen LogP contribution in [0.5, 0.6) is 0 Å². The van der Waals surface area contributed by atoms with Gasteiger partial charge in [-0.1, -0.05) is 13.3 Å². The molecule has 3 nitrogen and oxygen atoms in total. The van der Waals surface area contributed by atoms with Crippen LogP contribution in [0.2, 0.25) is 0 Å². The minimum absolute atomic E-state index is 0.189. The molecule has 0 spiro atoms. The number of carbonyl (C=O) groups is 1. The third-order valence-electron chi connectivity index (χ3n) is 2.30. The quantitative estimate of drug-likeness (QED) is 0.691. The van der Waals surface area contributed by atoms with Crippen LogP contribution in [-0.4, -0.2) is 11.4 Å². The van der Waals surface area contributed by atoms with Crippen molar-refractivity contribution in [1.29, 1.82) is 5.26 Å². The van der Waals surface area contributed by atoms with Gasteiger partial charge in [-0.25, -0.2) is 0 Å². The second-order valence-corrected chi connectivity index (χ2v) is 3.96. The summed E-state index contributed by atoms with van der Waals surface area (Å²) < 4.78 is 5.47. The molecule has 0 aliphatic carbocycles. The largest absolute Gasteiger partial charge is 0.482 e. The van der Waals surface area contributed by atoms with Crippen molar-refractivity contribution in [2.45, 2.75) is 45.6 Å². The molecule has 0 amide bonds. The summed E-state index contributed by atoms with van der Waals surface area (Å²) in [6.07, 6.45) is 2.67. The number of Topliss-reactive ketones (excluding diaryl/α,β-unsaturated/α-hetero) is 1. The monoisotopic (exact) mass is 193 g/mol. The molecule has 1 aliphatic heterocycles. The molecule has 0 aromatic heterocycles. The number of nitriles is 1. The molecule has 0 atom stereocenters. The van der Waals surface area contributed by atoms with Crippen LogP contribution < -0.4 is 0 Å². The van der Waals surface area contributed by atoms with Crippen LogP contribution in [-0.2, 0) is 9.53 Å². The molecule has 0 bridgehead atoms. The van der Waals surface area contributed by atoms with E-state index in [1.54, 1.807) is 13.8 Å². The molecular formula is C11H15NO2. The number of rotatable bonds is 3. The molecule has 0 saturated carbocycles. The summed E-state index contributed by atoms with van der Waals surface area (Å²) in [5.74, 6) is 0.385. The molecule has 76 valence electrons. The summed E-state index contributed by atoms with van der Waals surface area (Å²) in [6.45, 7) is 5.46. The van der Waals surface area contributed by atoms with Crippen molar-refractivity contribution in [3.63, 3.8) is 0 Å². The summed E-state index contributed by atoms with van der Waals surface area (Å²) in [5.41, 5.74) is -0.628. The first-order chi connectivity index (χ1) is 6.53. The van der Waals surface area contributed by atoms with Crippen molar-refractivity contribution in [2.75, 3.05) is 0 Å². The number of ether oxygens (including phenoxy) is 1. The third-order valence-corrected chi connectivity index (χ3v) is 2.30. The Kier molecular flexibility index (Phi) is 2.95. The van der Waals surface area contributed by atoms with E-state index < -0.39 is 5.60 Å². The molecule has 0 unspecified atom stereocenters. The number of nitrogens with zero attached hydrogens (tertiary/aromatic N) is 1. The summed E-state index contributed by atoms with van der Waals surface area (Å²) in [6, 6.07) is 1.93. The predicted octanol–water partition coefficient (Wildman–Crippen LogP) is 2.33. The zero-order valence-electron chi connectivity index (χ0n) is 8.89. The number of hydrogen-bond acceptors (Lipinski definition) is 3. The third kappa shape index (κ3) is 1.79. The standard InChI is InChI=1S/C11H15NO2/c1-4-5-6-9-8(7-12)10(13)11(2,3)14-9/h4-6H2,1-3H3. The molecular weight excluding hydrogens is 178 g/mol. The number of unbranched alkanes of at least 4 members (excludes halogenated alkanes) is 1. The summed E-state index contributed by atoms with van der Waals surface area (Å²) in [7, 11) is 0. The number of ketones is 1. The number of hydrogen-bond donors (Lipinski definition) is 0. The Balaban J connectivity index is 2.87. The minimum Gasteiger partial charge on any atom is -0.482 e. The van der Waals surface area contributed by atoms with E-state index in [0.29, 0.717) is 12.2 Å². The average molecular weight is 193 g/mol. The van der Waals surface area contributed by atoms with Gasteiger partial charge >= 0.3 is 0 Å². The van der Waals surface area contributed by atoms with E-state index in [4.69, 9.17) is 10.00 Å². The van der Waals surface area contributed by atoms with Crippen LogP contribution in [0.15, 0.2) is 11.3 Å². The summed E-state index contributed by atoms with van der Waals surface area (Å²) in [4.78, 5) is 11.6. The molecule has 0 aromatic carbocycles. The predicted molar refractivity (Wildman–Crippen MR) is 52.3 cm³/mol. The van der Waals surface area contributed by atoms with Gasteiger partial charge in [0, 0.05) is 6.42 Å². The van der Waals surface area contributed by atoms with E-state index in [0.717, 1.165) is 12.8 Å². The molecule has 1 rings (SSSR count). The average Bonchev–Trinajstić information content (AvgIpc) is 2.35. The van der Waals surface area contributed by atoms with Crippen molar-refractivity contribution < 1.29 is 9.53 Å². The van der Waals surface area contributed by atoms with Crippen LogP contribution in [0.3, 0.4) is 0 Å². The van der Waals surface area contributed by atoms with Gasteiger partial charge in [0.15, 0.2) is 5.60 Å². The highest BCUT2D eigenvalue weighted by Gasteiger charge is 2.41. The van der Waals surface area contributed by atoms with Crippen molar-refractivity contribution in [3.05, 3.63) is 11.3 Å². The maximum Gasteiger partial charge on any atom is 0.219 e. The smallest absolute Gasteiger partial charge is 0.219 e. The molecule has 0 radical (unpaired) electrons. The highest BCUT2D eigenvalue weighted by Crippen LogP contribution is 2.32. The zero-order chi connectivity index (χ0) is 10.8. The Hall–Kier alpha value is -1.30. The lowest BCUT2D eigenvalue weighted by Gasteiger charge is -2.17. The Morgan fingerprint density at radius 1 is 1.50 bits per heavy atom. The van der Waals surface area contributed by atoms with Crippen LogP contribution in [0, 0.1) is 11.3 Å². The lowest BCUT2D eigenvalue weighted by molar-refractivity contribution is -0.127. The molecule has 1 heterocycles. The molecule has 0 N–H and O–H groups in total. The molecule has 0 fully saturated rings. The van der Waals surface area contributed by atoms with Crippen LogP contribution in [0.25, 0.3) is 0 Å². The first kappa shape index (κ1) is 10.8. The normalized spacial score (nSPS) is 19.4. The van der Waals surface area contributed by atoms with Crippen molar-refractivity contribution in [3.8, 4) is 6.07 Å². The van der Waals surface area contributed by atoms with Gasteiger partial charge in [-0.15, -0.1) is 0 Å². The zero-order valence-corrected chi connectivity index (χ0v) is 8.89. The van der Waals surface area contributed by atoms with Gasteiger partial charge in [0.2, 0.25) is 5.78 Å². The molecule has 1 aliphatic rings. The number of allylic oxidation sites excluding steroid dienone is 1. The van der Waals surface area contributed by atoms with Crippen LogP contribution in [0.1, 0.15) is 40.0 Å². The topological polar surface area (TPSA) is 50.1 Å². The highest BCUT2D eigenvalue weighted by molar-refractivity contribution is 6.06. The van der Waals surface area contributed by atoms with Crippen molar-refractivity contribution in [1.82, 2.24) is 0 Å². The maximum absolute atomic E-state index is 11.6. The van der Waals surface area contributed by atoms with Crippen molar-refractivity contribution >= 4 is 5.78 Å². The fourth-order valence-electron chi connectivity index (χ4n) is 1.46. The van der Waals surface area contributed by atoms with Gasteiger partial charge in [0.05, 0.1) is 0 Å². The van der Waals surface area contributed by atoms with Gasteiger partial charge < -0.3 is 4.74 Å². The molecule has 0 saturated heterocycles. The van der Waals surface area contributed by atoms with E-state index in [9.17, 15) is 4.79 Å². The Morgan fingerprint density at radius 3 is 2.64 bits per heavy atom. The molecule has 14 heavy (non-hydrogen) atoms. The van der Waals surface area contributed by atoms with E-state index in [1.165, 1.54) is 0 Å². The van der Waals surface area contributed by atoms with Gasteiger partial charge in [-0.2, -0.15) is 5.26 Å². The maximum atomic E-state index is 11.6. The lowest BCUT2D eigenvalue weighted by atomic mass is 9.99. The first-order valence-electron chi connectivity index (χ1n) is 4.90. The minimum atomic E-state index is -0.839. The first-order valence-corrected chi connectivity index (χ1v) is 4.90. The Morgan fingerprint density at radius 2 is 2.14 bits per heavy atom. The van der Waals surface area contributed by atoms with Crippen LogP contribution >= 0.6 is 0 Å². The Bertz CT molecular complexity index is 321.